The van der Waals surface area contributed by atoms with Crippen molar-refractivity contribution in [1.82, 2.24) is 0 Å². The van der Waals surface area contributed by atoms with E-state index in [-0.39, 0.29) is 18.3 Å². The summed E-state index contributed by atoms with van der Waals surface area (Å²) >= 11 is 6.06. The number of hydrogen-bond donors (Lipinski definition) is 0. The van der Waals surface area contributed by atoms with Crippen molar-refractivity contribution in [2.75, 3.05) is 26.9 Å². The molecule has 1 heterocycles. The van der Waals surface area contributed by atoms with Crippen LogP contribution in [0.5, 0.6) is 5.75 Å². The van der Waals surface area contributed by atoms with Gasteiger partial charge in [0.15, 0.2) is 5.78 Å². The summed E-state index contributed by atoms with van der Waals surface area (Å²) in [5.41, 5.74) is 3.86. The molecular formula is C28H30ClNO5. The Balaban J connectivity index is 1.72. The quantitative estimate of drug-likeness (QED) is 0.357. The van der Waals surface area contributed by atoms with Gasteiger partial charge in [0, 0.05) is 41.0 Å². The highest BCUT2D eigenvalue weighted by Gasteiger charge is 2.44. The van der Waals surface area contributed by atoms with Crippen LogP contribution < -0.4 is 4.74 Å². The Morgan fingerprint density at radius 1 is 1.09 bits per heavy atom. The van der Waals surface area contributed by atoms with Crippen molar-refractivity contribution in [3.63, 3.8) is 0 Å². The van der Waals surface area contributed by atoms with Gasteiger partial charge in [0.1, 0.15) is 18.3 Å². The lowest BCUT2D eigenvalue weighted by Crippen LogP contribution is -2.38. The minimum Gasteiger partial charge on any atom is -0.497 e. The van der Waals surface area contributed by atoms with E-state index >= 15 is 0 Å². The van der Waals surface area contributed by atoms with Crippen molar-refractivity contribution in [3.8, 4) is 5.75 Å². The fourth-order valence-corrected chi connectivity index (χ4v) is 5.09. The minimum absolute atomic E-state index is 0.00221. The standard InChI is InChI=1S/C28H30ClNO5/c1-4-34-12-13-35-28(32)25-17(2)30-23-15-20(18-8-10-21(29)11-9-18)16-24(31)27(23)26(25)19-6-5-7-22(14-19)33-3/h5-11,14,20,25-26H,4,12-13,15-16H2,1-3H3/t20-,25?,26-/m0/s1. The lowest BCUT2D eigenvalue weighted by Gasteiger charge is -2.36. The number of hydrogen-bond acceptors (Lipinski definition) is 6. The molecule has 35 heavy (non-hydrogen) atoms. The largest absolute Gasteiger partial charge is 0.497 e. The fourth-order valence-electron chi connectivity index (χ4n) is 4.97. The zero-order valence-corrected chi connectivity index (χ0v) is 21.0. The second-order valence-corrected chi connectivity index (χ2v) is 9.23. The average Bonchev–Trinajstić information content (AvgIpc) is 2.86. The van der Waals surface area contributed by atoms with Crippen LogP contribution in [0.15, 0.2) is 64.8 Å². The van der Waals surface area contributed by atoms with Crippen LogP contribution in [-0.2, 0) is 19.1 Å². The molecule has 0 N–H and O–H groups in total. The van der Waals surface area contributed by atoms with E-state index in [0.29, 0.717) is 48.1 Å². The van der Waals surface area contributed by atoms with Crippen LogP contribution in [0, 0.1) is 5.92 Å². The third kappa shape index (κ3) is 5.49. The highest BCUT2D eigenvalue weighted by Crippen LogP contribution is 2.47. The topological polar surface area (TPSA) is 74.2 Å². The smallest absolute Gasteiger partial charge is 0.315 e. The summed E-state index contributed by atoms with van der Waals surface area (Å²) in [6.07, 6.45) is 0.966. The number of nitrogens with zero attached hydrogens (tertiary/aromatic N) is 1. The van der Waals surface area contributed by atoms with E-state index in [2.05, 4.69) is 0 Å². The van der Waals surface area contributed by atoms with Crippen LogP contribution in [-0.4, -0.2) is 44.4 Å². The van der Waals surface area contributed by atoms with Crippen molar-refractivity contribution in [2.24, 2.45) is 10.9 Å². The summed E-state index contributed by atoms with van der Waals surface area (Å²) in [6.45, 7) is 4.75. The lowest BCUT2D eigenvalue weighted by atomic mass is 9.69. The number of ketones is 1. The second-order valence-electron chi connectivity index (χ2n) is 8.79. The number of allylic oxidation sites excluding steroid dienone is 2. The monoisotopic (exact) mass is 495 g/mol. The summed E-state index contributed by atoms with van der Waals surface area (Å²) in [5.74, 6) is -0.916. The summed E-state index contributed by atoms with van der Waals surface area (Å²) in [4.78, 5) is 31.7. The predicted molar refractivity (Wildman–Crippen MR) is 135 cm³/mol. The molecule has 1 unspecified atom stereocenters. The van der Waals surface area contributed by atoms with Crippen LogP contribution in [0.25, 0.3) is 0 Å². The molecule has 0 aromatic heterocycles. The van der Waals surface area contributed by atoms with Gasteiger partial charge >= 0.3 is 5.97 Å². The SMILES string of the molecule is CCOCCOC(=O)C1C(C)=NC2=C(C(=O)C[C@@H](c3ccc(Cl)cc3)C2)[C@H]1c1cccc(OC)c1. The first-order chi connectivity index (χ1) is 16.9. The van der Waals surface area contributed by atoms with Gasteiger partial charge in [-0.15, -0.1) is 0 Å². The Bertz CT molecular complexity index is 1150. The lowest BCUT2D eigenvalue weighted by molar-refractivity contribution is -0.148. The number of Topliss-reactive ketones (excluding diaryl/α,β-unsaturated/α-hetero) is 1. The molecule has 0 saturated heterocycles. The van der Waals surface area contributed by atoms with Crippen LogP contribution in [0.2, 0.25) is 5.02 Å². The van der Waals surface area contributed by atoms with Gasteiger partial charge in [-0.3, -0.25) is 14.6 Å². The van der Waals surface area contributed by atoms with Gasteiger partial charge in [-0.1, -0.05) is 35.9 Å². The van der Waals surface area contributed by atoms with Crippen molar-refractivity contribution in [2.45, 2.75) is 38.5 Å². The molecule has 0 spiro atoms. The Labute approximate surface area is 210 Å². The molecule has 0 amide bonds. The molecule has 184 valence electrons. The Morgan fingerprint density at radius 3 is 2.57 bits per heavy atom. The van der Waals surface area contributed by atoms with E-state index < -0.39 is 17.8 Å². The molecule has 3 atom stereocenters. The van der Waals surface area contributed by atoms with E-state index in [1.54, 1.807) is 7.11 Å². The van der Waals surface area contributed by atoms with Gasteiger partial charge in [-0.05, 0) is 61.6 Å². The highest BCUT2D eigenvalue weighted by atomic mass is 35.5. The van der Waals surface area contributed by atoms with E-state index in [1.807, 2.05) is 62.4 Å². The molecule has 6 nitrogen and oxygen atoms in total. The van der Waals surface area contributed by atoms with Crippen molar-refractivity contribution in [3.05, 3.63) is 76.0 Å². The summed E-state index contributed by atoms with van der Waals surface area (Å²) in [6, 6.07) is 15.1. The number of methoxy groups -OCH3 is 1. The van der Waals surface area contributed by atoms with Gasteiger partial charge in [0.25, 0.3) is 0 Å². The number of aliphatic imine (C=N–C) groups is 1. The third-order valence-electron chi connectivity index (χ3n) is 6.61. The molecule has 0 saturated carbocycles. The molecule has 4 rings (SSSR count). The van der Waals surface area contributed by atoms with Crippen LogP contribution in [0.3, 0.4) is 0 Å². The maximum absolute atomic E-state index is 13.6. The first kappa shape index (κ1) is 25.1. The number of rotatable bonds is 8. The Kier molecular flexibility index (Phi) is 8.04. The van der Waals surface area contributed by atoms with Crippen molar-refractivity contribution in [1.29, 1.82) is 0 Å². The number of benzene rings is 2. The first-order valence-electron chi connectivity index (χ1n) is 11.9. The number of carbonyl (C=O) groups excluding carboxylic acids is 2. The van der Waals surface area contributed by atoms with Crippen LogP contribution >= 0.6 is 11.6 Å². The fraction of sp³-hybridized carbons (Fsp3) is 0.393. The zero-order valence-electron chi connectivity index (χ0n) is 20.3. The summed E-state index contributed by atoms with van der Waals surface area (Å²) in [5, 5.41) is 0.658. The van der Waals surface area contributed by atoms with E-state index in [4.69, 9.17) is 30.8 Å². The van der Waals surface area contributed by atoms with Gasteiger partial charge in [-0.25, -0.2) is 0 Å². The van der Waals surface area contributed by atoms with Gasteiger partial charge in [0.05, 0.1) is 13.7 Å². The van der Waals surface area contributed by atoms with Crippen molar-refractivity contribution < 1.29 is 23.8 Å². The van der Waals surface area contributed by atoms with Crippen LogP contribution in [0.1, 0.15) is 49.7 Å². The molecule has 2 aliphatic rings. The highest BCUT2D eigenvalue weighted by molar-refractivity contribution is 6.30. The molecular weight excluding hydrogens is 466 g/mol. The molecule has 2 aromatic carbocycles. The normalized spacial score (nSPS) is 21.9. The zero-order chi connectivity index (χ0) is 24.9. The average molecular weight is 496 g/mol. The Morgan fingerprint density at radius 2 is 1.86 bits per heavy atom. The van der Waals surface area contributed by atoms with Gasteiger partial charge in [0.2, 0.25) is 0 Å². The maximum Gasteiger partial charge on any atom is 0.315 e. The minimum atomic E-state index is -0.696. The molecule has 0 bridgehead atoms. The maximum atomic E-state index is 13.6. The molecule has 0 fully saturated rings. The molecule has 7 heteroatoms. The Hall–Kier alpha value is -2.96. The van der Waals surface area contributed by atoms with Gasteiger partial charge < -0.3 is 14.2 Å². The first-order valence-corrected chi connectivity index (χ1v) is 12.3. The summed E-state index contributed by atoms with van der Waals surface area (Å²) < 4.78 is 16.3. The number of carbonyl (C=O) groups is 2. The predicted octanol–water partition coefficient (Wildman–Crippen LogP) is 5.50. The van der Waals surface area contributed by atoms with E-state index in [9.17, 15) is 9.59 Å². The molecule has 0 radical (unpaired) electrons. The molecule has 1 aliphatic heterocycles. The molecule has 1 aliphatic carbocycles. The third-order valence-corrected chi connectivity index (χ3v) is 6.86. The number of halogens is 1. The van der Waals surface area contributed by atoms with Crippen LogP contribution in [0.4, 0.5) is 0 Å². The summed E-state index contributed by atoms with van der Waals surface area (Å²) in [7, 11) is 1.60. The van der Waals surface area contributed by atoms with Crippen molar-refractivity contribution >= 4 is 29.1 Å². The van der Waals surface area contributed by atoms with E-state index in [1.165, 1.54) is 0 Å². The number of esters is 1. The van der Waals surface area contributed by atoms with E-state index in [0.717, 1.165) is 16.8 Å². The second kappa shape index (κ2) is 11.2. The molecule has 2 aromatic rings. The van der Waals surface area contributed by atoms with Gasteiger partial charge in [-0.2, -0.15) is 0 Å². The number of ether oxygens (including phenoxy) is 3.